The van der Waals surface area contributed by atoms with Crippen LogP contribution in [-0.2, 0) is 10.0 Å². The van der Waals surface area contributed by atoms with Crippen LogP contribution in [0.3, 0.4) is 0 Å². The lowest BCUT2D eigenvalue weighted by Crippen LogP contribution is -2.13. The molecule has 4 aromatic rings. The Morgan fingerprint density at radius 3 is 2.68 bits per heavy atom. The molecule has 4 rings (SSSR count). The standard InChI is InChI=1S/C13H8N4O3S2/c18-22(19,11-7-3-5-9-12(11)16-20-15-9)17-13-14-8-4-1-2-6-10(8)21-13/h1-7H,(H,14,17). The fraction of sp³-hybridized carbons (Fsp3) is 0. The van der Waals surface area contributed by atoms with Crippen LogP contribution in [0.15, 0.2) is 52.0 Å². The molecule has 7 nitrogen and oxygen atoms in total. The third-order valence-corrected chi connectivity index (χ3v) is 5.51. The number of sulfonamides is 1. The molecule has 2 aromatic heterocycles. The minimum absolute atomic E-state index is 0.00510. The maximum absolute atomic E-state index is 12.5. The zero-order valence-electron chi connectivity index (χ0n) is 10.9. The second-order valence-electron chi connectivity index (χ2n) is 4.48. The number of nitrogens with zero attached hydrogens (tertiary/aromatic N) is 3. The minimum Gasteiger partial charge on any atom is -0.255 e. The molecule has 0 fully saturated rings. The van der Waals surface area contributed by atoms with Gasteiger partial charge in [-0.1, -0.05) is 29.5 Å². The topological polar surface area (TPSA) is 98.0 Å². The fourth-order valence-electron chi connectivity index (χ4n) is 2.08. The van der Waals surface area contributed by atoms with Crippen LogP contribution in [0.4, 0.5) is 5.13 Å². The molecule has 0 bridgehead atoms. The highest BCUT2D eigenvalue weighted by Crippen LogP contribution is 2.28. The zero-order chi connectivity index (χ0) is 15.2. The molecule has 2 heterocycles. The molecule has 22 heavy (non-hydrogen) atoms. The molecule has 9 heteroatoms. The lowest BCUT2D eigenvalue weighted by atomic mass is 10.3. The molecule has 0 aliphatic heterocycles. The molecule has 0 aliphatic rings. The third-order valence-electron chi connectivity index (χ3n) is 3.05. The van der Waals surface area contributed by atoms with Crippen molar-refractivity contribution in [3.05, 3.63) is 42.5 Å². The van der Waals surface area contributed by atoms with E-state index in [4.69, 9.17) is 0 Å². The van der Waals surface area contributed by atoms with Gasteiger partial charge in [0.05, 0.1) is 10.2 Å². The number of fused-ring (bicyclic) bond motifs is 2. The number of rotatable bonds is 3. The lowest BCUT2D eigenvalue weighted by molar-refractivity contribution is 0.315. The van der Waals surface area contributed by atoms with E-state index in [9.17, 15) is 8.42 Å². The first kappa shape index (κ1) is 13.2. The molecular weight excluding hydrogens is 324 g/mol. The number of para-hydroxylation sites is 1. The van der Waals surface area contributed by atoms with Gasteiger partial charge in [0, 0.05) is 0 Å². The van der Waals surface area contributed by atoms with Crippen molar-refractivity contribution in [1.82, 2.24) is 15.3 Å². The highest BCUT2D eigenvalue weighted by Gasteiger charge is 2.21. The van der Waals surface area contributed by atoms with Crippen molar-refractivity contribution >= 4 is 47.7 Å². The van der Waals surface area contributed by atoms with Gasteiger partial charge in [0.25, 0.3) is 10.0 Å². The lowest BCUT2D eigenvalue weighted by Gasteiger charge is -2.04. The summed E-state index contributed by atoms with van der Waals surface area (Å²) in [7, 11) is -3.82. The molecule has 0 spiro atoms. The number of hydrogen-bond acceptors (Lipinski definition) is 7. The largest absolute Gasteiger partial charge is 0.266 e. The van der Waals surface area contributed by atoms with Gasteiger partial charge < -0.3 is 0 Å². The monoisotopic (exact) mass is 332 g/mol. The van der Waals surface area contributed by atoms with Crippen molar-refractivity contribution < 1.29 is 13.0 Å². The number of hydrogen-bond donors (Lipinski definition) is 1. The van der Waals surface area contributed by atoms with E-state index in [1.54, 1.807) is 12.1 Å². The number of aromatic nitrogens is 3. The summed E-state index contributed by atoms with van der Waals surface area (Å²) >= 11 is 1.27. The zero-order valence-corrected chi connectivity index (χ0v) is 12.6. The predicted octanol–water partition coefficient (Wildman–Crippen LogP) is 2.63. The first-order valence-electron chi connectivity index (χ1n) is 6.23. The van der Waals surface area contributed by atoms with Crippen LogP contribution in [0.25, 0.3) is 21.3 Å². The number of benzene rings is 2. The molecule has 1 N–H and O–H groups in total. The van der Waals surface area contributed by atoms with Crippen molar-refractivity contribution in [2.45, 2.75) is 4.90 Å². The third kappa shape index (κ3) is 2.11. The van der Waals surface area contributed by atoms with Crippen molar-refractivity contribution in [3.8, 4) is 0 Å². The van der Waals surface area contributed by atoms with Crippen LogP contribution in [0, 0.1) is 0 Å². The minimum atomic E-state index is -3.82. The van der Waals surface area contributed by atoms with Crippen LogP contribution in [-0.4, -0.2) is 23.7 Å². The molecule has 0 radical (unpaired) electrons. The molecule has 0 amide bonds. The van der Waals surface area contributed by atoms with Crippen LogP contribution >= 0.6 is 11.3 Å². The van der Waals surface area contributed by atoms with Gasteiger partial charge in [0.15, 0.2) is 10.6 Å². The van der Waals surface area contributed by atoms with Crippen molar-refractivity contribution in [3.63, 3.8) is 0 Å². The summed E-state index contributed by atoms with van der Waals surface area (Å²) in [5, 5.41) is 7.59. The highest BCUT2D eigenvalue weighted by atomic mass is 32.2. The van der Waals surface area contributed by atoms with E-state index in [1.165, 1.54) is 17.4 Å². The Morgan fingerprint density at radius 2 is 1.82 bits per heavy atom. The Morgan fingerprint density at radius 1 is 1.00 bits per heavy atom. The quantitative estimate of drug-likeness (QED) is 0.619. The van der Waals surface area contributed by atoms with E-state index in [0.717, 1.165) is 10.2 Å². The van der Waals surface area contributed by atoms with Gasteiger partial charge in [-0.2, -0.15) is 0 Å². The average Bonchev–Trinajstić information content (AvgIpc) is 3.11. The maximum atomic E-state index is 12.5. The second kappa shape index (κ2) is 4.75. The van der Waals surface area contributed by atoms with Crippen molar-refractivity contribution in [1.29, 1.82) is 0 Å². The van der Waals surface area contributed by atoms with Gasteiger partial charge in [-0.05, 0) is 34.6 Å². The van der Waals surface area contributed by atoms with E-state index in [-0.39, 0.29) is 10.4 Å². The molecular formula is C13H8N4O3S2. The van der Waals surface area contributed by atoms with Gasteiger partial charge in [-0.3, -0.25) is 4.72 Å². The van der Waals surface area contributed by atoms with Crippen LogP contribution in [0.2, 0.25) is 0 Å². The van der Waals surface area contributed by atoms with Crippen molar-refractivity contribution in [2.24, 2.45) is 0 Å². The first-order chi connectivity index (χ1) is 10.6. The van der Waals surface area contributed by atoms with Crippen LogP contribution in [0.1, 0.15) is 0 Å². The molecule has 0 aliphatic carbocycles. The van der Waals surface area contributed by atoms with E-state index in [1.807, 2.05) is 24.3 Å². The van der Waals surface area contributed by atoms with Crippen molar-refractivity contribution in [2.75, 3.05) is 4.72 Å². The fourth-order valence-corrected chi connectivity index (χ4v) is 4.34. The van der Waals surface area contributed by atoms with E-state index in [0.29, 0.717) is 10.6 Å². The molecule has 110 valence electrons. The molecule has 0 unspecified atom stereocenters. The SMILES string of the molecule is O=S(=O)(Nc1nc2ccccc2s1)c1cccc2nonc12. The Hall–Kier alpha value is -2.52. The van der Waals surface area contributed by atoms with Gasteiger partial charge in [-0.15, -0.1) is 0 Å². The summed E-state index contributed by atoms with van der Waals surface area (Å²) < 4.78 is 33.0. The van der Waals surface area contributed by atoms with Crippen LogP contribution < -0.4 is 4.72 Å². The van der Waals surface area contributed by atoms with Crippen LogP contribution in [0.5, 0.6) is 0 Å². The van der Waals surface area contributed by atoms with Gasteiger partial charge in [-0.25, -0.2) is 18.0 Å². The molecule has 0 atom stereocenters. The summed E-state index contributed by atoms with van der Waals surface area (Å²) in [4.78, 5) is 4.26. The summed E-state index contributed by atoms with van der Waals surface area (Å²) in [5.74, 6) is 0. The number of anilines is 1. The van der Waals surface area contributed by atoms with Gasteiger partial charge in [0.2, 0.25) is 0 Å². The predicted molar refractivity (Wildman–Crippen MR) is 82.2 cm³/mol. The summed E-state index contributed by atoms with van der Waals surface area (Å²) in [6.07, 6.45) is 0. The summed E-state index contributed by atoms with van der Waals surface area (Å²) in [5.41, 5.74) is 1.31. The first-order valence-corrected chi connectivity index (χ1v) is 8.53. The normalized spacial score (nSPS) is 12.0. The second-order valence-corrected chi connectivity index (χ2v) is 7.16. The molecule has 2 aromatic carbocycles. The molecule has 0 saturated heterocycles. The van der Waals surface area contributed by atoms with Gasteiger partial charge in [0.1, 0.15) is 10.4 Å². The van der Waals surface area contributed by atoms with E-state index >= 15 is 0 Å². The Kier molecular flexibility index (Phi) is 2.84. The smallest absolute Gasteiger partial charge is 0.255 e. The van der Waals surface area contributed by atoms with E-state index in [2.05, 4.69) is 24.6 Å². The Bertz CT molecular complexity index is 1050. The number of thiazole rings is 1. The Balaban J connectivity index is 1.79. The van der Waals surface area contributed by atoms with E-state index < -0.39 is 10.0 Å². The number of nitrogens with one attached hydrogen (secondary N) is 1. The summed E-state index contributed by atoms with van der Waals surface area (Å²) in [6, 6.07) is 12.1. The maximum Gasteiger partial charge on any atom is 0.266 e. The molecule has 0 saturated carbocycles. The summed E-state index contributed by atoms with van der Waals surface area (Å²) in [6.45, 7) is 0. The highest BCUT2D eigenvalue weighted by molar-refractivity contribution is 7.93. The Labute approximate surface area is 128 Å². The van der Waals surface area contributed by atoms with Gasteiger partial charge >= 0.3 is 0 Å². The average molecular weight is 332 g/mol.